The highest BCUT2D eigenvalue weighted by Gasteiger charge is 2.14. The molecule has 0 rings (SSSR count). The Hall–Kier alpha value is 0.0900. The van der Waals surface area contributed by atoms with Gasteiger partial charge in [0.2, 0.25) is 0 Å². The zero-order valence-electron chi connectivity index (χ0n) is 13.7. The monoisotopic (exact) mass is 289 g/mol. The lowest BCUT2D eigenvalue weighted by molar-refractivity contribution is -0.107. The van der Waals surface area contributed by atoms with Crippen molar-refractivity contribution in [2.75, 3.05) is 40.4 Å². The lowest BCUT2D eigenvalue weighted by Gasteiger charge is -2.12. The van der Waals surface area contributed by atoms with Gasteiger partial charge in [-0.1, -0.05) is 18.6 Å². The van der Waals surface area contributed by atoms with Crippen molar-refractivity contribution in [1.29, 1.82) is 0 Å². The van der Waals surface area contributed by atoms with Crippen LogP contribution < -0.4 is 0 Å². The van der Waals surface area contributed by atoms with Crippen LogP contribution in [0.25, 0.3) is 0 Å². The first-order valence-corrected chi connectivity index (χ1v) is 10.8. The van der Waals surface area contributed by atoms with Gasteiger partial charge in [-0.05, 0) is 38.5 Å². The van der Waals surface area contributed by atoms with Crippen molar-refractivity contribution in [2.45, 2.75) is 51.2 Å². The van der Waals surface area contributed by atoms with Gasteiger partial charge in [0.05, 0.1) is 6.16 Å². The van der Waals surface area contributed by atoms with Crippen LogP contribution in [0.15, 0.2) is 12.2 Å². The molecule has 0 aliphatic heterocycles. The molecule has 0 bridgehead atoms. The number of ether oxygens (including phenoxy) is 2. The van der Waals surface area contributed by atoms with Gasteiger partial charge in [0, 0.05) is 41.5 Å². The quantitative estimate of drug-likeness (QED) is 0.222. The van der Waals surface area contributed by atoms with E-state index in [4.69, 9.17) is 9.47 Å². The molecule has 0 aliphatic carbocycles. The highest BCUT2D eigenvalue weighted by atomic mass is 31.2. The Morgan fingerprint density at radius 3 is 1.95 bits per heavy atom. The summed E-state index contributed by atoms with van der Waals surface area (Å²) in [6.45, 7) is 7.26. The third-order valence-electron chi connectivity index (χ3n) is 3.20. The normalized spacial score (nSPS) is 12.7. The summed E-state index contributed by atoms with van der Waals surface area (Å²) in [5.74, 6) is 0. The molecule has 0 unspecified atom stereocenters. The van der Waals surface area contributed by atoms with Crippen molar-refractivity contribution in [3.05, 3.63) is 12.2 Å². The van der Waals surface area contributed by atoms with Crippen molar-refractivity contribution in [3.8, 4) is 0 Å². The molecule has 0 heterocycles. The maximum absolute atomic E-state index is 5.17. The van der Waals surface area contributed by atoms with Crippen LogP contribution in [0.2, 0.25) is 0 Å². The molecule has 0 saturated heterocycles. The average Bonchev–Trinajstić information content (AvgIpc) is 2.35. The van der Waals surface area contributed by atoms with Crippen LogP contribution >= 0.6 is 7.26 Å². The molecule has 0 amide bonds. The smallest absolute Gasteiger partial charge is 0.156 e. The Labute approximate surface area is 121 Å². The van der Waals surface area contributed by atoms with E-state index < -0.39 is 7.26 Å². The number of hydrogen-bond donors (Lipinski definition) is 0. The molecule has 0 radical (unpaired) electrons. The topological polar surface area (TPSA) is 18.5 Å². The van der Waals surface area contributed by atoms with E-state index in [1.54, 1.807) is 14.2 Å². The third kappa shape index (κ3) is 14.3. The molecule has 0 aromatic carbocycles. The van der Waals surface area contributed by atoms with Crippen molar-refractivity contribution in [3.63, 3.8) is 0 Å². The highest BCUT2D eigenvalue weighted by molar-refractivity contribution is 7.73. The van der Waals surface area contributed by atoms with Crippen LogP contribution in [0.1, 0.15) is 44.9 Å². The molecule has 0 fully saturated rings. The highest BCUT2D eigenvalue weighted by Crippen LogP contribution is 2.47. The van der Waals surface area contributed by atoms with Gasteiger partial charge in [-0.2, -0.15) is 0 Å². The van der Waals surface area contributed by atoms with E-state index in [9.17, 15) is 0 Å². The summed E-state index contributed by atoms with van der Waals surface area (Å²) in [5, 5.41) is 0. The fourth-order valence-corrected chi connectivity index (χ4v) is 3.13. The summed E-state index contributed by atoms with van der Waals surface area (Å²) in [5.41, 5.74) is 0. The summed E-state index contributed by atoms with van der Waals surface area (Å²) in [6, 6.07) is 0. The molecule has 19 heavy (non-hydrogen) atoms. The van der Waals surface area contributed by atoms with Crippen LogP contribution in [0.4, 0.5) is 0 Å². The van der Waals surface area contributed by atoms with Crippen LogP contribution in [-0.2, 0) is 9.47 Å². The lowest BCUT2D eigenvalue weighted by atomic mass is 10.1. The summed E-state index contributed by atoms with van der Waals surface area (Å²) < 4.78 is 10.3. The van der Waals surface area contributed by atoms with Gasteiger partial charge >= 0.3 is 0 Å². The van der Waals surface area contributed by atoms with Gasteiger partial charge in [0.25, 0.3) is 0 Å². The zero-order valence-corrected chi connectivity index (χ0v) is 14.5. The number of methoxy groups -OCH3 is 2. The van der Waals surface area contributed by atoms with Crippen LogP contribution in [-0.4, -0.2) is 46.7 Å². The van der Waals surface area contributed by atoms with Crippen LogP contribution in [0.5, 0.6) is 0 Å². The second-order valence-corrected chi connectivity index (χ2v) is 11.2. The molecule has 0 aromatic rings. The van der Waals surface area contributed by atoms with E-state index in [-0.39, 0.29) is 6.29 Å². The minimum Gasteiger partial charge on any atom is -0.356 e. The molecular weight excluding hydrogens is 255 g/mol. The Bertz CT molecular complexity index is 217. The van der Waals surface area contributed by atoms with Gasteiger partial charge in [-0.15, -0.1) is 0 Å². The fourth-order valence-electron chi connectivity index (χ4n) is 2.00. The fraction of sp³-hybridized carbons (Fsp3) is 0.875. The van der Waals surface area contributed by atoms with Crippen LogP contribution in [0.3, 0.4) is 0 Å². The lowest BCUT2D eigenvalue weighted by Crippen LogP contribution is -2.12. The first-order chi connectivity index (χ1) is 8.99. The summed E-state index contributed by atoms with van der Waals surface area (Å²) in [4.78, 5) is 0. The number of rotatable bonds is 12. The standard InChI is InChI=1S/C16H34O2P/c1-17-16(18-2)14-12-10-8-6-7-9-11-13-15-19(3,4)5/h7,9,16H,6,8,10-15H2,1-5H3/q+1/b9-7+. The third-order valence-corrected chi connectivity index (χ3v) is 4.86. The number of hydrogen-bond acceptors (Lipinski definition) is 2. The minimum atomic E-state index is -0.559. The minimum absolute atomic E-state index is 0.0173. The first-order valence-electron chi connectivity index (χ1n) is 7.50. The molecule has 0 aliphatic rings. The second kappa shape index (κ2) is 11.9. The predicted molar refractivity (Wildman–Crippen MR) is 88.8 cm³/mol. The number of allylic oxidation sites excluding steroid dienone is 2. The van der Waals surface area contributed by atoms with Gasteiger partial charge < -0.3 is 9.47 Å². The van der Waals surface area contributed by atoms with E-state index >= 15 is 0 Å². The van der Waals surface area contributed by atoms with Gasteiger partial charge in [-0.3, -0.25) is 0 Å². The van der Waals surface area contributed by atoms with Gasteiger partial charge in [0.15, 0.2) is 6.29 Å². The molecule has 0 spiro atoms. The van der Waals surface area contributed by atoms with E-state index in [0.717, 1.165) is 6.42 Å². The Morgan fingerprint density at radius 2 is 1.42 bits per heavy atom. The van der Waals surface area contributed by atoms with E-state index in [0.29, 0.717) is 0 Å². The zero-order chi connectivity index (χ0) is 14.6. The van der Waals surface area contributed by atoms with E-state index in [2.05, 4.69) is 32.1 Å². The van der Waals surface area contributed by atoms with Gasteiger partial charge in [0.1, 0.15) is 0 Å². The largest absolute Gasteiger partial charge is 0.356 e. The molecular formula is C16H34O2P+. The summed E-state index contributed by atoms with van der Waals surface area (Å²) in [7, 11) is 2.85. The molecule has 3 heteroatoms. The van der Waals surface area contributed by atoms with E-state index in [1.807, 2.05) is 0 Å². The first kappa shape index (κ1) is 19.1. The summed E-state index contributed by atoms with van der Waals surface area (Å²) in [6.07, 6.45) is 14.7. The van der Waals surface area contributed by atoms with Gasteiger partial charge in [-0.25, -0.2) is 0 Å². The maximum atomic E-state index is 5.17. The molecule has 0 aromatic heterocycles. The second-order valence-electron chi connectivity index (χ2n) is 6.17. The van der Waals surface area contributed by atoms with Crippen molar-refractivity contribution >= 4 is 7.26 Å². The van der Waals surface area contributed by atoms with E-state index in [1.165, 1.54) is 44.7 Å². The average molecular weight is 289 g/mol. The van der Waals surface area contributed by atoms with Crippen molar-refractivity contribution in [1.82, 2.24) is 0 Å². The molecule has 0 atom stereocenters. The molecule has 0 N–H and O–H groups in total. The Kier molecular flexibility index (Phi) is 11.9. The van der Waals surface area contributed by atoms with Crippen LogP contribution in [0, 0.1) is 0 Å². The SMILES string of the molecule is COC(CCCCC/C=C/CCC[P+](C)(C)C)OC. The Balaban J connectivity index is 3.30. The maximum Gasteiger partial charge on any atom is 0.156 e. The molecule has 2 nitrogen and oxygen atoms in total. The van der Waals surface area contributed by atoms with Crippen molar-refractivity contribution < 1.29 is 9.47 Å². The summed E-state index contributed by atoms with van der Waals surface area (Å²) >= 11 is 0. The van der Waals surface area contributed by atoms with Crippen molar-refractivity contribution in [2.24, 2.45) is 0 Å². The predicted octanol–water partition coefficient (Wildman–Crippen LogP) is 4.80. The Morgan fingerprint density at radius 1 is 0.842 bits per heavy atom. The molecule has 0 saturated carbocycles. The number of unbranched alkanes of at least 4 members (excludes halogenated alkanes) is 4. The molecule has 114 valence electrons.